The van der Waals surface area contributed by atoms with Gasteiger partial charge in [0.15, 0.2) is 6.29 Å². The van der Waals surface area contributed by atoms with E-state index in [1.165, 1.54) is 39.2 Å². The third kappa shape index (κ3) is 10.4. The van der Waals surface area contributed by atoms with Crippen LogP contribution in [-0.4, -0.2) is 31.2 Å². The monoisotopic (exact) mass is 232 g/mol. The van der Waals surface area contributed by atoms with Crippen LogP contribution in [-0.2, 0) is 9.47 Å². The molecule has 0 bridgehead atoms. The third-order valence-corrected chi connectivity index (χ3v) is 2.71. The van der Waals surface area contributed by atoms with Gasteiger partial charge in [0.1, 0.15) is 0 Å². The summed E-state index contributed by atoms with van der Waals surface area (Å²) in [7, 11) is 1.51. The van der Waals surface area contributed by atoms with Crippen molar-refractivity contribution in [2.24, 2.45) is 0 Å². The van der Waals surface area contributed by atoms with E-state index in [1.54, 1.807) is 0 Å². The van der Waals surface area contributed by atoms with Gasteiger partial charge in [-0.2, -0.15) is 0 Å². The Morgan fingerprint density at radius 3 is 2.31 bits per heavy atom. The molecule has 0 saturated heterocycles. The van der Waals surface area contributed by atoms with Crippen LogP contribution < -0.4 is 0 Å². The Labute approximate surface area is 100 Å². The normalized spacial score (nSPS) is 15.0. The summed E-state index contributed by atoms with van der Waals surface area (Å²) in [5.41, 5.74) is 0. The van der Waals surface area contributed by atoms with E-state index >= 15 is 0 Å². The lowest BCUT2D eigenvalue weighted by atomic mass is 10.1. The van der Waals surface area contributed by atoms with Gasteiger partial charge >= 0.3 is 0 Å². The molecule has 2 atom stereocenters. The maximum atomic E-state index is 9.23. The van der Waals surface area contributed by atoms with Gasteiger partial charge in [-0.1, -0.05) is 39.0 Å². The fourth-order valence-corrected chi connectivity index (χ4v) is 1.62. The van der Waals surface area contributed by atoms with Gasteiger partial charge in [-0.15, -0.1) is 0 Å². The minimum absolute atomic E-state index is 0.0746. The van der Waals surface area contributed by atoms with Crippen molar-refractivity contribution in [3.63, 3.8) is 0 Å². The highest BCUT2D eigenvalue weighted by molar-refractivity contribution is 4.53. The summed E-state index contributed by atoms with van der Waals surface area (Å²) < 4.78 is 10.3. The van der Waals surface area contributed by atoms with Gasteiger partial charge in [-0.25, -0.2) is 0 Å². The third-order valence-electron chi connectivity index (χ3n) is 2.71. The molecule has 16 heavy (non-hydrogen) atoms. The fraction of sp³-hybridized carbons (Fsp3) is 1.00. The minimum atomic E-state index is -0.695. The van der Waals surface area contributed by atoms with Crippen molar-refractivity contribution < 1.29 is 14.6 Å². The van der Waals surface area contributed by atoms with Crippen LogP contribution in [0.15, 0.2) is 0 Å². The van der Waals surface area contributed by atoms with Crippen molar-refractivity contribution in [2.75, 3.05) is 13.7 Å². The number of hydrogen-bond acceptors (Lipinski definition) is 3. The maximum absolute atomic E-state index is 9.23. The number of aliphatic hydroxyl groups is 1. The molecule has 0 aliphatic heterocycles. The lowest BCUT2D eigenvalue weighted by Crippen LogP contribution is -2.19. The number of methoxy groups -OCH3 is 1. The average Bonchev–Trinajstić information content (AvgIpc) is 2.27. The smallest absolute Gasteiger partial charge is 0.156 e. The van der Waals surface area contributed by atoms with Crippen LogP contribution in [0.4, 0.5) is 0 Å². The predicted molar refractivity (Wildman–Crippen MR) is 66.4 cm³/mol. The molecule has 98 valence electrons. The van der Waals surface area contributed by atoms with E-state index in [2.05, 4.69) is 6.92 Å². The fourth-order valence-electron chi connectivity index (χ4n) is 1.62. The second-order valence-corrected chi connectivity index (χ2v) is 4.38. The van der Waals surface area contributed by atoms with Crippen LogP contribution in [0, 0.1) is 0 Å². The van der Waals surface area contributed by atoms with Gasteiger partial charge < -0.3 is 14.6 Å². The van der Waals surface area contributed by atoms with Gasteiger partial charge in [-0.05, 0) is 13.3 Å². The first-order chi connectivity index (χ1) is 7.70. The molecule has 3 nitrogen and oxygen atoms in total. The molecule has 0 aromatic carbocycles. The largest absolute Gasteiger partial charge is 0.378 e. The molecule has 0 aromatic rings. The Hall–Kier alpha value is -0.120. The van der Waals surface area contributed by atoms with E-state index in [0.717, 1.165) is 13.0 Å². The molecule has 0 amide bonds. The average molecular weight is 232 g/mol. The molecular weight excluding hydrogens is 204 g/mol. The van der Waals surface area contributed by atoms with E-state index in [0.29, 0.717) is 6.42 Å². The SMILES string of the molecule is CCCCCCCCOC(C)CC(O)OC. The van der Waals surface area contributed by atoms with Crippen LogP contribution in [0.25, 0.3) is 0 Å². The molecular formula is C13H28O3. The van der Waals surface area contributed by atoms with Crippen LogP contribution in [0.1, 0.15) is 58.8 Å². The maximum Gasteiger partial charge on any atom is 0.156 e. The van der Waals surface area contributed by atoms with Gasteiger partial charge in [-0.3, -0.25) is 0 Å². The Morgan fingerprint density at radius 1 is 1.06 bits per heavy atom. The van der Waals surface area contributed by atoms with Gasteiger partial charge in [0.25, 0.3) is 0 Å². The zero-order valence-corrected chi connectivity index (χ0v) is 11.1. The van der Waals surface area contributed by atoms with Crippen molar-refractivity contribution in [1.29, 1.82) is 0 Å². The van der Waals surface area contributed by atoms with Crippen molar-refractivity contribution in [1.82, 2.24) is 0 Å². The standard InChI is InChI=1S/C13H28O3/c1-4-5-6-7-8-9-10-16-12(2)11-13(14)15-3/h12-14H,4-11H2,1-3H3. The zero-order chi connectivity index (χ0) is 12.2. The molecule has 0 saturated carbocycles. The zero-order valence-electron chi connectivity index (χ0n) is 11.1. The van der Waals surface area contributed by atoms with Crippen molar-refractivity contribution in [2.45, 2.75) is 71.2 Å². The van der Waals surface area contributed by atoms with E-state index in [-0.39, 0.29) is 6.10 Å². The first-order valence-electron chi connectivity index (χ1n) is 6.53. The number of hydrogen-bond donors (Lipinski definition) is 1. The molecule has 0 spiro atoms. The summed E-state index contributed by atoms with van der Waals surface area (Å²) in [5.74, 6) is 0. The summed E-state index contributed by atoms with van der Waals surface area (Å²) in [6.45, 7) is 4.99. The van der Waals surface area contributed by atoms with E-state index in [1.807, 2.05) is 6.92 Å². The Balaban J connectivity index is 3.18. The Kier molecular flexibility index (Phi) is 11.3. The lowest BCUT2D eigenvalue weighted by Gasteiger charge is -2.15. The molecule has 0 aromatic heterocycles. The first kappa shape index (κ1) is 15.9. The quantitative estimate of drug-likeness (QED) is 0.439. The topological polar surface area (TPSA) is 38.7 Å². The summed E-state index contributed by atoms with van der Waals surface area (Å²) in [6.07, 6.45) is 7.59. The molecule has 0 heterocycles. The summed E-state index contributed by atoms with van der Waals surface area (Å²) in [5, 5.41) is 9.23. The van der Waals surface area contributed by atoms with E-state index in [9.17, 15) is 5.11 Å². The second kappa shape index (κ2) is 11.4. The van der Waals surface area contributed by atoms with Gasteiger partial charge in [0, 0.05) is 20.1 Å². The number of aliphatic hydroxyl groups excluding tert-OH is 1. The molecule has 2 unspecified atom stereocenters. The number of unbranched alkanes of at least 4 members (excludes halogenated alkanes) is 5. The Morgan fingerprint density at radius 2 is 1.69 bits per heavy atom. The number of ether oxygens (including phenoxy) is 2. The van der Waals surface area contributed by atoms with E-state index in [4.69, 9.17) is 9.47 Å². The number of rotatable bonds is 11. The highest BCUT2D eigenvalue weighted by Crippen LogP contribution is 2.07. The molecule has 0 aliphatic carbocycles. The molecule has 0 rings (SSSR count). The van der Waals surface area contributed by atoms with Crippen molar-refractivity contribution in [3.05, 3.63) is 0 Å². The minimum Gasteiger partial charge on any atom is -0.378 e. The highest BCUT2D eigenvalue weighted by atomic mass is 16.6. The van der Waals surface area contributed by atoms with Crippen LogP contribution >= 0.6 is 0 Å². The second-order valence-electron chi connectivity index (χ2n) is 4.38. The van der Waals surface area contributed by atoms with Crippen LogP contribution in [0.3, 0.4) is 0 Å². The first-order valence-corrected chi connectivity index (χ1v) is 6.53. The Bertz CT molecular complexity index is 139. The highest BCUT2D eigenvalue weighted by Gasteiger charge is 2.08. The van der Waals surface area contributed by atoms with Crippen LogP contribution in [0.2, 0.25) is 0 Å². The van der Waals surface area contributed by atoms with Crippen molar-refractivity contribution >= 4 is 0 Å². The molecule has 0 radical (unpaired) electrons. The molecule has 0 fully saturated rings. The summed E-state index contributed by atoms with van der Waals surface area (Å²) >= 11 is 0. The molecule has 3 heteroatoms. The van der Waals surface area contributed by atoms with Gasteiger partial charge in [0.05, 0.1) is 6.10 Å². The van der Waals surface area contributed by atoms with E-state index < -0.39 is 6.29 Å². The summed E-state index contributed by atoms with van der Waals surface area (Å²) in [6, 6.07) is 0. The van der Waals surface area contributed by atoms with Crippen molar-refractivity contribution in [3.8, 4) is 0 Å². The molecule has 1 N–H and O–H groups in total. The lowest BCUT2D eigenvalue weighted by molar-refractivity contribution is -0.105. The van der Waals surface area contributed by atoms with Gasteiger partial charge in [0.2, 0.25) is 0 Å². The summed E-state index contributed by atoms with van der Waals surface area (Å²) in [4.78, 5) is 0. The molecule has 0 aliphatic rings. The predicted octanol–water partition coefficient (Wildman–Crippen LogP) is 3.11. The van der Waals surface area contributed by atoms with Crippen LogP contribution in [0.5, 0.6) is 0 Å².